The van der Waals surface area contributed by atoms with Gasteiger partial charge in [-0.25, -0.2) is 9.78 Å². The second-order valence-corrected chi connectivity index (χ2v) is 4.52. The Morgan fingerprint density at radius 2 is 2.21 bits per heavy atom. The van der Waals surface area contributed by atoms with Crippen LogP contribution >= 0.6 is 0 Å². The zero-order valence-electron chi connectivity index (χ0n) is 11.1. The van der Waals surface area contributed by atoms with Crippen molar-refractivity contribution in [2.24, 2.45) is 5.92 Å². The third kappa shape index (κ3) is 2.92. The van der Waals surface area contributed by atoms with E-state index in [1.165, 1.54) is 7.11 Å². The summed E-state index contributed by atoms with van der Waals surface area (Å²) in [6, 6.07) is 1.75. The summed E-state index contributed by atoms with van der Waals surface area (Å²) in [5, 5.41) is 0. The van der Waals surface area contributed by atoms with Crippen LogP contribution in [0.1, 0.15) is 35.0 Å². The number of aryl methyl sites for hydroxylation is 1. The van der Waals surface area contributed by atoms with E-state index >= 15 is 0 Å². The first-order valence-electron chi connectivity index (χ1n) is 6.38. The van der Waals surface area contributed by atoms with E-state index in [0.29, 0.717) is 18.7 Å². The average molecular weight is 263 g/mol. The van der Waals surface area contributed by atoms with E-state index in [4.69, 9.17) is 4.74 Å². The molecule has 0 aliphatic heterocycles. The number of carbonyl (C=O) groups is 2. The molecule has 0 bridgehead atoms. The van der Waals surface area contributed by atoms with Crippen LogP contribution in [0.25, 0.3) is 0 Å². The highest BCUT2D eigenvalue weighted by atomic mass is 16.5. The SMILES string of the molecule is CCOC(=O)C1CCc2cc(C(=O)OC)ncc2C1. The monoisotopic (exact) mass is 263 g/mol. The minimum atomic E-state index is -0.435. The van der Waals surface area contributed by atoms with Crippen LogP contribution in [0.5, 0.6) is 0 Å². The van der Waals surface area contributed by atoms with Crippen LogP contribution in [-0.2, 0) is 27.1 Å². The van der Waals surface area contributed by atoms with E-state index in [2.05, 4.69) is 9.72 Å². The molecule has 0 aromatic carbocycles. The average Bonchev–Trinajstić information content (AvgIpc) is 2.45. The predicted molar refractivity (Wildman–Crippen MR) is 67.7 cm³/mol. The van der Waals surface area contributed by atoms with E-state index in [1.807, 2.05) is 0 Å². The lowest BCUT2D eigenvalue weighted by Gasteiger charge is -2.22. The largest absolute Gasteiger partial charge is 0.466 e. The molecule has 0 saturated heterocycles. The normalized spacial score (nSPS) is 17.5. The van der Waals surface area contributed by atoms with Gasteiger partial charge in [0.2, 0.25) is 0 Å². The maximum atomic E-state index is 11.7. The van der Waals surface area contributed by atoms with Crippen molar-refractivity contribution >= 4 is 11.9 Å². The number of fused-ring (bicyclic) bond motifs is 1. The highest BCUT2D eigenvalue weighted by molar-refractivity contribution is 5.87. The molecule has 1 unspecified atom stereocenters. The smallest absolute Gasteiger partial charge is 0.356 e. The van der Waals surface area contributed by atoms with Crippen molar-refractivity contribution in [3.05, 3.63) is 29.1 Å². The Hall–Kier alpha value is -1.91. The lowest BCUT2D eigenvalue weighted by atomic mass is 9.84. The van der Waals surface area contributed by atoms with Gasteiger partial charge in [-0.15, -0.1) is 0 Å². The Morgan fingerprint density at radius 3 is 2.89 bits per heavy atom. The van der Waals surface area contributed by atoms with Gasteiger partial charge < -0.3 is 9.47 Å². The molecule has 19 heavy (non-hydrogen) atoms. The molecular formula is C14H17NO4. The predicted octanol–water partition coefficient (Wildman–Crippen LogP) is 1.54. The zero-order valence-corrected chi connectivity index (χ0v) is 11.1. The summed E-state index contributed by atoms with van der Waals surface area (Å²) in [4.78, 5) is 27.2. The molecule has 0 saturated carbocycles. The van der Waals surface area contributed by atoms with Crippen molar-refractivity contribution in [2.45, 2.75) is 26.2 Å². The van der Waals surface area contributed by atoms with Gasteiger partial charge in [-0.1, -0.05) is 0 Å². The number of hydrogen-bond acceptors (Lipinski definition) is 5. The fraction of sp³-hybridized carbons (Fsp3) is 0.500. The third-order valence-corrected chi connectivity index (χ3v) is 3.33. The summed E-state index contributed by atoms with van der Waals surface area (Å²) in [6.45, 7) is 2.21. The molecule has 5 nitrogen and oxygen atoms in total. The first kappa shape index (κ1) is 13.5. The van der Waals surface area contributed by atoms with Crippen LogP contribution in [0.4, 0.5) is 0 Å². The van der Waals surface area contributed by atoms with Gasteiger partial charge in [0.05, 0.1) is 19.6 Å². The number of aromatic nitrogens is 1. The highest BCUT2D eigenvalue weighted by Gasteiger charge is 2.26. The van der Waals surface area contributed by atoms with Gasteiger partial charge in [0.1, 0.15) is 5.69 Å². The number of ether oxygens (including phenoxy) is 2. The Kier molecular flexibility index (Phi) is 4.14. The van der Waals surface area contributed by atoms with Crippen LogP contribution in [0.15, 0.2) is 12.3 Å². The molecule has 1 aromatic rings. The summed E-state index contributed by atoms with van der Waals surface area (Å²) in [5.74, 6) is -0.682. The fourth-order valence-electron chi connectivity index (χ4n) is 2.32. The van der Waals surface area contributed by atoms with Crippen molar-refractivity contribution in [1.82, 2.24) is 4.98 Å². The summed E-state index contributed by atoms with van der Waals surface area (Å²) in [5.41, 5.74) is 2.39. The first-order valence-corrected chi connectivity index (χ1v) is 6.38. The molecule has 0 spiro atoms. The second-order valence-electron chi connectivity index (χ2n) is 4.52. The van der Waals surface area contributed by atoms with Gasteiger partial charge in [-0.3, -0.25) is 4.79 Å². The van der Waals surface area contributed by atoms with Gasteiger partial charge in [-0.05, 0) is 43.4 Å². The number of carbonyl (C=O) groups excluding carboxylic acids is 2. The molecule has 1 heterocycles. The number of methoxy groups -OCH3 is 1. The molecule has 5 heteroatoms. The topological polar surface area (TPSA) is 65.5 Å². The number of hydrogen-bond donors (Lipinski definition) is 0. The molecule has 102 valence electrons. The van der Waals surface area contributed by atoms with E-state index in [9.17, 15) is 9.59 Å². The maximum Gasteiger partial charge on any atom is 0.356 e. The summed E-state index contributed by atoms with van der Waals surface area (Å²) in [6.07, 6.45) is 3.79. The minimum absolute atomic E-state index is 0.0989. The Bertz CT molecular complexity index is 498. The number of esters is 2. The van der Waals surface area contributed by atoms with Crippen molar-refractivity contribution in [1.29, 1.82) is 0 Å². The highest BCUT2D eigenvalue weighted by Crippen LogP contribution is 2.26. The minimum Gasteiger partial charge on any atom is -0.466 e. The third-order valence-electron chi connectivity index (χ3n) is 3.33. The molecule has 2 rings (SSSR count). The summed E-state index contributed by atoms with van der Waals surface area (Å²) in [7, 11) is 1.33. The molecule has 1 aromatic heterocycles. The molecule has 1 aliphatic rings. The first-order chi connectivity index (χ1) is 9.15. The van der Waals surface area contributed by atoms with Crippen molar-refractivity contribution in [2.75, 3.05) is 13.7 Å². The summed E-state index contributed by atoms with van der Waals surface area (Å²) >= 11 is 0. The molecule has 0 radical (unpaired) electrons. The molecule has 0 N–H and O–H groups in total. The Balaban J connectivity index is 2.14. The number of pyridine rings is 1. The van der Waals surface area contributed by atoms with Gasteiger partial charge in [0, 0.05) is 6.20 Å². The summed E-state index contributed by atoms with van der Waals surface area (Å²) < 4.78 is 9.69. The molecule has 1 atom stereocenters. The van der Waals surface area contributed by atoms with Crippen LogP contribution in [0.2, 0.25) is 0 Å². The van der Waals surface area contributed by atoms with Gasteiger partial charge in [0.25, 0.3) is 0 Å². The van der Waals surface area contributed by atoms with Crippen molar-refractivity contribution in [3.8, 4) is 0 Å². The standard InChI is InChI=1S/C14H17NO4/c1-3-19-13(16)10-5-4-9-7-12(14(17)18-2)15-8-11(9)6-10/h7-8,10H,3-6H2,1-2H3. The van der Waals surface area contributed by atoms with Gasteiger partial charge in [0.15, 0.2) is 0 Å². The maximum absolute atomic E-state index is 11.7. The van der Waals surface area contributed by atoms with Gasteiger partial charge in [-0.2, -0.15) is 0 Å². The zero-order chi connectivity index (χ0) is 13.8. The van der Waals surface area contributed by atoms with Crippen LogP contribution in [0, 0.1) is 5.92 Å². The van der Waals surface area contributed by atoms with E-state index in [1.54, 1.807) is 19.2 Å². The molecular weight excluding hydrogens is 246 g/mol. The van der Waals surface area contributed by atoms with Crippen LogP contribution in [-0.4, -0.2) is 30.6 Å². The van der Waals surface area contributed by atoms with Crippen LogP contribution in [0.3, 0.4) is 0 Å². The number of nitrogens with zero attached hydrogens (tertiary/aromatic N) is 1. The lowest BCUT2D eigenvalue weighted by Crippen LogP contribution is -2.25. The molecule has 0 fully saturated rings. The van der Waals surface area contributed by atoms with E-state index < -0.39 is 5.97 Å². The van der Waals surface area contributed by atoms with Crippen molar-refractivity contribution in [3.63, 3.8) is 0 Å². The number of rotatable bonds is 3. The lowest BCUT2D eigenvalue weighted by molar-refractivity contribution is -0.148. The van der Waals surface area contributed by atoms with Gasteiger partial charge >= 0.3 is 11.9 Å². The molecule has 0 amide bonds. The quantitative estimate of drug-likeness (QED) is 0.774. The van der Waals surface area contributed by atoms with E-state index in [0.717, 1.165) is 24.0 Å². The fourth-order valence-corrected chi connectivity index (χ4v) is 2.32. The second kappa shape index (κ2) is 5.82. The van der Waals surface area contributed by atoms with Crippen molar-refractivity contribution < 1.29 is 19.1 Å². The Morgan fingerprint density at radius 1 is 1.42 bits per heavy atom. The van der Waals surface area contributed by atoms with E-state index in [-0.39, 0.29) is 11.9 Å². The Labute approximate surface area is 111 Å². The molecule has 1 aliphatic carbocycles. The van der Waals surface area contributed by atoms with Crippen LogP contribution < -0.4 is 0 Å².